The van der Waals surface area contributed by atoms with Crippen LogP contribution in [-0.4, -0.2) is 0 Å². The van der Waals surface area contributed by atoms with Gasteiger partial charge in [-0.3, -0.25) is 0 Å². The Labute approximate surface area is 158 Å². The summed E-state index contributed by atoms with van der Waals surface area (Å²) in [6, 6.07) is 6.35. The molecule has 5 heteroatoms. The van der Waals surface area contributed by atoms with Crippen molar-refractivity contribution in [1.82, 2.24) is 0 Å². The summed E-state index contributed by atoms with van der Waals surface area (Å²) in [6.45, 7) is 4.49. The number of thiol groups is 2. The fourth-order valence-electron chi connectivity index (χ4n) is 2.81. The first-order valence-electron chi connectivity index (χ1n) is 8.83. The van der Waals surface area contributed by atoms with E-state index in [-0.39, 0.29) is 0 Å². The molecule has 0 aliphatic heterocycles. The Bertz CT molecular complexity index is 499. The molecular weight excluding hydrogens is 359 g/mol. The van der Waals surface area contributed by atoms with E-state index in [0.717, 1.165) is 18.6 Å². The molecule has 23 heavy (non-hydrogen) atoms. The van der Waals surface area contributed by atoms with Gasteiger partial charge < -0.3 is 4.52 Å². The lowest BCUT2D eigenvalue weighted by molar-refractivity contribution is 0.603. The van der Waals surface area contributed by atoms with Crippen LogP contribution in [0.25, 0.3) is 0 Å². The predicted octanol–water partition coefficient (Wildman–Crippen LogP) is 7.40. The second-order valence-corrected chi connectivity index (χ2v) is 14.8. The summed E-state index contributed by atoms with van der Waals surface area (Å²) in [7, 11) is 0. The highest BCUT2D eigenvalue weighted by atomic mass is 33.2. The molecule has 1 rings (SSSR count). The highest BCUT2D eigenvalue weighted by Gasteiger charge is 2.14. The van der Waals surface area contributed by atoms with Crippen molar-refractivity contribution in [3.05, 3.63) is 29.3 Å². The van der Waals surface area contributed by atoms with Gasteiger partial charge in [0.25, 0.3) is 0 Å². The van der Waals surface area contributed by atoms with E-state index in [1.54, 1.807) is 0 Å². The van der Waals surface area contributed by atoms with Crippen molar-refractivity contribution in [2.24, 2.45) is 0 Å². The lowest BCUT2D eigenvalue weighted by Crippen LogP contribution is -1.99. The van der Waals surface area contributed by atoms with Crippen LogP contribution < -0.4 is 4.52 Å². The Morgan fingerprint density at radius 2 is 1.52 bits per heavy atom. The molecule has 1 nitrogen and oxygen atoms in total. The number of benzene rings is 1. The van der Waals surface area contributed by atoms with E-state index in [0.29, 0.717) is 0 Å². The number of unbranched alkanes of at least 4 members (excludes halogenated alkanes) is 6. The van der Waals surface area contributed by atoms with E-state index in [2.05, 4.69) is 50.5 Å². The highest BCUT2D eigenvalue weighted by molar-refractivity contribution is 8.90. The largest absolute Gasteiger partial charge is 0.448 e. The van der Waals surface area contributed by atoms with Crippen LogP contribution in [0.15, 0.2) is 18.2 Å². The normalized spacial score (nSPS) is 11.7. The lowest BCUT2D eigenvalue weighted by Gasteiger charge is -2.18. The molecule has 0 saturated carbocycles. The molecule has 1 aromatic carbocycles. The molecule has 0 radical (unpaired) electrons. The maximum absolute atomic E-state index is 5.91. The van der Waals surface area contributed by atoms with E-state index >= 15 is 0 Å². The second kappa shape index (κ2) is 11.8. The average molecular weight is 391 g/mol. The Morgan fingerprint density at radius 3 is 2.09 bits per heavy atom. The van der Waals surface area contributed by atoms with Gasteiger partial charge in [-0.25, -0.2) is 0 Å². The van der Waals surface area contributed by atoms with Gasteiger partial charge in [0.15, 0.2) is 0 Å². The zero-order valence-corrected chi connectivity index (χ0v) is 18.0. The molecule has 0 amide bonds. The minimum atomic E-state index is -2.29. The predicted molar refractivity (Wildman–Crippen MR) is 115 cm³/mol. The van der Waals surface area contributed by atoms with Gasteiger partial charge in [0.2, 0.25) is 4.67 Å². The lowest BCUT2D eigenvalue weighted by atomic mass is 9.96. The SMILES string of the molecule is CCCCCCc1cccc(OP(=S)(S)S)c1CCCCCC. The zero-order valence-electron chi connectivity index (χ0n) is 14.5. The van der Waals surface area contributed by atoms with Gasteiger partial charge in [0, 0.05) is 0 Å². The summed E-state index contributed by atoms with van der Waals surface area (Å²) in [4.78, 5) is 0. The summed E-state index contributed by atoms with van der Waals surface area (Å²) in [5.74, 6) is 0.905. The Kier molecular flexibility index (Phi) is 11.0. The molecule has 0 aromatic heterocycles. The number of hydrogen-bond donors (Lipinski definition) is 2. The first kappa shape index (κ1) is 21.4. The van der Waals surface area contributed by atoms with Crippen LogP contribution in [0.3, 0.4) is 0 Å². The van der Waals surface area contributed by atoms with Crippen LogP contribution in [0, 0.1) is 0 Å². The monoisotopic (exact) mass is 390 g/mol. The van der Waals surface area contributed by atoms with Crippen LogP contribution in [0.2, 0.25) is 0 Å². The minimum absolute atomic E-state index is 0.905. The first-order valence-corrected chi connectivity index (χ1v) is 13.9. The van der Waals surface area contributed by atoms with E-state index < -0.39 is 4.67 Å². The molecule has 0 spiro atoms. The van der Waals surface area contributed by atoms with Gasteiger partial charge >= 0.3 is 0 Å². The van der Waals surface area contributed by atoms with Crippen LogP contribution in [0.4, 0.5) is 0 Å². The molecule has 0 aliphatic carbocycles. The minimum Gasteiger partial charge on any atom is -0.448 e. The maximum Gasteiger partial charge on any atom is 0.216 e. The number of rotatable bonds is 12. The molecule has 0 N–H and O–H groups in total. The van der Waals surface area contributed by atoms with E-state index in [1.165, 1.54) is 62.5 Å². The van der Waals surface area contributed by atoms with Crippen molar-refractivity contribution in [2.75, 3.05) is 0 Å². The molecule has 0 atom stereocenters. The van der Waals surface area contributed by atoms with Gasteiger partial charge in [0.05, 0.1) is 0 Å². The van der Waals surface area contributed by atoms with Crippen molar-refractivity contribution in [1.29, 1.82) is 0 Å². The molecular formula is C18H31OPS3. The summed E-state index contributed by atoms with van der Waals surface area (Å²) in [6.07, 6.45) is 12.4. The standard InChI is InChI=1S/C18H31OPS3/c1-3-5-7-9-12-16-13-11-15-18(19-20(21,22)23)17(16)14-10-8-6-4-2/h11,13,15H,3-10,12,14H2,1-2H3,(H2,21,22,23). The van der Waals surface area contributed by atoms with Crippen LogP contribution in [0.5, 0.6) is 5.75 Å². The van der Waals surface area contributed by atoms with E-state index in [1.807, 2.05) is 6.07 Å². The summed E-state index contributed by atoms with van der Waals surface area (Å²) in [5, 5.41) is 0. The second-order valence-electron chi connectivity index (χ2n) is 6.10. The molecule has 0 bridgehead atoms. The molecule has 1 aromatic rings. The van der Waals surface area contributed by atoms with Crippen molar-refractivity contribution in [2.45, 2.75) is 78.1 Å². The smallest absolute Gasteiger partial charge is 0.216 e. The first-order chi connectivity index (χ1) is 11.0. The van der Waals surface area contributed by atoms with Gasteiger partial charge in [-0.15, -0.1) is 0 Å². The Balaban J connectivity index is 2.83. The van der Waals surface area contributed by atoms with Gasteiger partial charge in [-0.1, -0.05) is 89.0 Å². The molecule has 0 unspecified atom stereocenters. The van der Waals surface area contributed by atoms with Crippen molar-refractivity contribution in [3.63, 3.8) is 0 Å². The maximum atomic E-state index is 5.91. The fraction of sp³-hybridized carbons (Fsp3) is 0.667. The summed E-state index contributed by atoms with van der Waals surface area (Å²) >= 11 is 13.9. The third-order valence-corrected chi connectivity index (χ3v) is 5.18. The summed E-state index contributed by atoms with van der Waals surface area (Å²) < 4.78 is 3.62. The molecule has 0 heterocycles. The number of hydrogen-bond acceptors (Lipinski definition) is 2. The Hall–Kier alpha value is 0.370. The van der Waals surface area contributed by atoms with Gasteiger partial charge in [0.1, 0.15) is 5.75 Å². The average Bonchev–Trinajstić information content (AvgIpc) is 2.48. The van der Waals surface area contributed by atoms with E-state index in [4.69, 9.17) is 16.3 Å². The van der Waals surface area contributed by atoms with Crippen LogP contribution in [-0.2, 0) is 24.6 Å². The quantitative estimate of drug-likeness (QED) is 0.219. The zero-order chi connectivity index (χ0) is 17.1. The van der Waals surface area contributed by atoms with Crippen molar-refractivity contribution in [3.8, 4) is 5.75 Å². The molecule has 0 fully saturated rings. The summed E-state index contributed by atoms with van der Waals surface area (Å²) in [5.41, 5.74) is 2.75. The number of aryl methyl sites for hydroxylation is 1. The highest BCUT2D eigenvalue weighted by Crippen LogP contribution is 2.57. The third kappa shape index (κ3) is 9.43. The van der Waals surface area contributed by atoms with Crippen molar-refractivity contribution < 1.29 is 4.52 Å². The topological polar surface area (TPSA) is 9.23 Å². The fourth-order valence-corrected chi connectivity index (χ4v) is 4.01. The third-order valence-electron chi connectivity index (χ3n) is 4.03. The van der Waals surface area contributed by atoms with Crippen LogP contribution >= 0.6 is 29.2 Å². The Morgan fingerprint density at radius 1 is 0.913 bits per heavy atom. The van der Waals surface area contributed by atoms with Gasteiger partial charge in [-0.05, 0) is 54.7 Å². The molecule has 0 saturated heterocycles. The van der Waals surface area contributed by atoms with Crippen LogP contribution in [0.1, 0.15) is 76.3 Å². The molecule has 132 valence electrons. The molecule has 0 aliphatic rings. The van der Waals surface area contributed by atoms with Gasteiger partial charge in [-0.2, -0.15) is 0 Å². The van der Waals surface area contributed by atoms with Crippen molar-refractivity contribution >= 4 is 41.0 Å². The van der Waals surface area contributed by atoms with E-state index in [9.17, 15) is 0 Å².